The van der Waals surface area contributed by atoms with Crippen molar-refractivity contribution in [3.05, 3.63) is 200 Å². The number of fused-ring (bicyclic) bond motifs is 7. The van der Waals surface area contributed by atoms with Gasteiger partial charge in [0.2, 0.25) is 0 Å². The van der Waals surface area contributed by atoms with Gasteiger partial charge in [0.25, 0.3) is 0 Å². The molecule has 0 saturated heterocycles. The number of hydrogen-bond donors (Lipinski definition) is 0. The standard InChI is InChI=1S/C52H33NO2/c1-2-10-38-31-40(24-23-34(38)9-1)37-21-19-35(20-22-37)36-25-28-42(29-26-36)53(48-16-8-15-46-44-13-3-6-18-50(44)55-52(46)48)43-12-7-11-39(32-43)41-27-30-51-47(33-41)45-14-4-5-17-49(45)54-51/h1-33H. The molecule has 0 bridgehead atoms. The third-order valence-electron chi connectivity index (χ3n) is 10.9. The topological polar surface area (TPSA) is 29.5 Å². The van der Waals surface area contributed by atoms with Crippen molar-refractivity contribution in [3.8, 4) is 33.4 Å². The van der Waals surface area contributed by atoms with E-state index in [1.54, 1.807) is 0 Å². The summed E-state index contributed by atoms with van der Waals surface area (Å²) in [4.78, 5) is 2.31. The maximum Gasteiger partial charge on any atom is 0.159 e. The molecule has 2 heterocycles. The Kier molecular flexibility index (Phi) is 7.17. The number of anilines is 3. The summed E-state index contributed by atoms with van der Waals surface area (Å²) >= 11 is 0. The molecule has 0 fully saturated rings. The van der Waals surface area contributed by atoms with Crippen LogP contribution in [0, 0.1) is 0 Å². The monoisotopic (exact) mass is 703 g/mol. The van der Waals surface area contributed by atoms with E-state index in [-0.39, 0.29) is 0 Å². The van der Waals surface area contributed by atoms with E-state index in [1.807, 2.05) is 24.3 Å². The van der Waals surface area contributed by atoms with Crippen LogP contribution >= 0.6 is 0 Å². The first kappa shape index (κ1) is 31.2. The Balaban J connectivity index is 1.00. The molecule has 0 saturated carbocycles. The number of nitrogens with zero attached hydrogens (tertiary/aromatic N) is 1. The van der Waals surface area contributed by atoms with Crippen LogP contribution < -0.4 is 4.90 Å². The van der Waals surface area contributed by atoms with E-state index in [0.717, 1.165) is 77.6 Å². The highest BCUT2D eigenvalue weighted by Gasteiger charge is 2.20. The molecular weight excluding hydrogens is 671 g/mol. The van der Waals surface area contributed by atoms with Crippen LogP contribution in [0.5, 0.6) is 0 Å². The summed E-state index contributed by atoms with van der Waals surface area (Å²) in [5, 5.41) is 6.94. The molecule has 2 aromatic heterocycles. The highest BCUT2D eigenvalue weighted by Crippen LogP contribution is 2.44. The molecule has 0 aliphatic carbocycles. The van der Waals surface area contributed by atoms with Crippen LogP contribution in [0.4, 0.5) is 17.1 Å². The second-order valence-corrected chi connectivity index (χ2v) is 14.1. The van der Waals surface area contributed by atoms with E-state index in [2.05, 4.69) is 181 Å². The second-order valence-electron chi connectivity index (χ2n) is 14.1. The van der Waals surface area contributed by atoms with Crippen LogP contribution in [0.15, 0.2) is 209 Å². The van der Waals surface area contributed by atoms with Crippen molar-refractivity contribution < 1.29 is 8.83 Å². The summed E-state index contributed by atoms with van der Waals surface area (Å²) in [5.74, 6) is 0. The largest absolute Gasteiger partial charge is 0.456 e. The highest BCUT2D eigenvalue weighted by molar-refractivity contribution is 6.10. The Hall–Kier alpha value is -7.36. The lowest BCUT2D eigenvalue weighted by Gasteiger charge is -2.26. The number of para-hydroxylation sites is 3. The Morgan fingerprint density at radius 2 is 0.836 bits per heavy atom. The highest BCUT2D eigenvalue weighted by atomic mass is 16.3. The summed E-state index contributed by atoms with van der Waals surface area (Å²) in [6.45, 7) is 0. The lowest BCUT2D eigenvalue weighted by Crippen LogP contribution is -2.10. The fourth-order valence-corrected chi connectivity index (χ4v) is 8.09. The zero-order valence-corrected chi connectivity index (χ0v) is 29.8. The summed E-state index contributed by atoms with van der Waals surface area (Å²) in [7, 11) is 0. The molecule has 0 unspecified atom stereocenters. The molecule has 55 heavy (non-hydrogen) atoms. The van der Waals surface area contributed by atoms with E-state index in [1.165, 1.54) is 27.5 Å². The molecule has 0 spiro atoms. The molecule has 9 aromatic carbocycles. The average Bonchev–Trinajstić information content (AvgIpc) is 3.83. The molecule has 0 aliphatic rings. The van der Waals surface area contributed by atoms with Crippen LogP contribution in [0.3, 0.4) is 0 Å². The molecule has 0 radical (unpaired) electrons. The van der Waals surface area contributed by atoms with Gasteiger partial charge in [-0.1, -0.05) is 140 Å². The zero-order valence-electron chi connectivity index (χ0n) is 29.8. The number of furan rings is 2. The molecule has 0 atom stereocenters. The predicted octanol–water partition coefficient (Wildman–Crippen LogP) is 15.1. The quantitative estimate of drug-likeness (QED) is 0.173. The van der Waals surface area contributed by atoms with Gasteiger partial charge < -0.3 is 13.7 Å². The number of benzene rings is 9. The van der Waals surface area contributed by atoms with E-state index >= 15 is 0 Å². The number of hydrogen-bond acceptors (Lipinski definition) is 3. The minimum Gasteiger partial charge on any atom is -0.456 e. The van der Waals surface area contributed by atoms with Gasteiger partial charge >= 0.3 is 0 Å². The van der Waals surface area contributed by atoms with E-state index in [0.29, 0.717) is 0 Å². The SMILES string of the molecule is c1cc(-c2ccc3oc4ccccc4c3c2)cc(N(c2ccc(-c3ccc(-c4ccc5ccccc5c4)cc3)cc2)c2cccc3c2oc2ccccc23)c1. The Labute approximate surface area is 317 Å². The molecule has 0 amide bonds. The first-order valence-corrected chi connectivity index (χ1v) is 18.7. The summed E-state index contributed by atoms with van der Waals surface area (Å²) in [5.41, 5.74) is 13.6. The summed E-state index contributed by atoms with van der Waals surface area (Å²) in [6, 6.07) is 71.1. The van der Waals surface area contributed by atoms with Crippen LogP contribution in [-0.2, 0) is 0 Å². The van der Waals surface area contributed by atoms with E-state index in [9.17, 15) is 0 Å². The van der Waals surface area contributed by atoms with Crippen LogP contribution in [0.25, 0.3) is 88.0 Å². The molecule has 3 heteroatoms. The van der Waals surface area contributed by atoms with Crippen molar-refractivity contribution >= 4 is 71.7 Å². The van der Waals surface area contributed by atoms with Gasteiger partial charge in [-0.25, -0.2) is 0 Å². The second kappa shape index (κ2) is 12.6. The van der Waals surface area contributed by atoms with Crippen molar-refractivity contribution in [3.63, 3.8) is 0 Å². The van der Waals surface area contributed by atoms with Crippen molar-refractivity contribution in [1.82, 2.24) is 0 Å². The van der Waals surface area contributed by atoms with Crippen LogP contribution in [0.2, 0.25) is 0 Å². The van der Waals surface area contributed by atoms with Gasteiger partial charge in [-0.05, 0) is 105 Å². The smallest absolute Gasteiger partial charge is 0.159 e. The van der Waals surface area contributed by atoms with E-state index in [4.69, 9.17) is 8.83 Å². The fourth-order valence-electron chi connectivity index (χ4n) is 8.09. The summed E-state index contributed by atoms with van der Waals surface area (Å²) < 4.78 is 12.8. The van der Waals surface area contributed by atoms with Gasteiger partial charge in [0.15, 0.2) is 5.58 Å². The van der Waals surface area contributed by atoms with Crippen LogP contribution in [-0.4, -0.2) is 0 Å². The summed E-state index contributed by atoms with van der Waals surface area (Å²) in [6.07, 6.45) is 0. The molecule has 11 aromatic rings. The molecular formula is C52H33NO2. The third kappa shape index (κ3) is 5.36. The molecule has 11 rings (SSSR count). The zero-order chi connectivity index (χ0) is 36.3. The van der Waals surface area contributed by atoms with Gasteiger partial charge in [0.1, 0.15) is 16.7 Å². The normalized spacial score (nSPS) is 11.6. The molecule has 0 aliphatic heterocycles. The van der Waals surface area contributed by atoms with Gasteiger partial charge in [0.05, 0.1) is 5.69 Å². The Bertz CT molecular complexity index is 3200. The average molecular weight is 704 g/mol. The minimum absolute atomic E-state index is 0.855. The van der Waals surface area contributed by atoms with Gasteiger partial charge in [-0.2, -0.15) is 0 Å². The maximum absolute atomic E-state index is 6.61. The maximum atomic E-state index is 6.61. The first-order valence-electron chi connectivity index (χ1n) is 18.7. The lowest BCUT2D eigenvalue weighted by atomic mass is 9.98. The van der Waals surface area contributed by atoms with E-state index < -0.39 is 0 Å². The van der Waals surface area contributed by atoms with Crippen molar-refractivity contribution in [2.24, 2.45) is 0 Å². The Morgan fingerprint density at radius 3 is 1.64 bits per heavy atom. The predicted molar refractivity (Wildman–Crippen MR) is 229 cm³/mol. The Morgan fingerprint density at radius 1 is 0.291 bits per heavy atom. The third-order valence-corrected chi connectivity index (χ3v) is 10.9. The minimum atomic E-state index is 0.855. The number of rotatable bonds is 6. The molecule has 258 valence electrons. The van der Waals surface area contributed by atoms with Crippen LogP contribution in [0.1, 0.15) is 0 Å². The van der Waals surface area contributed by atoms with Crippen molar-refractivity contribution in [2.75, 3.05) is 4.90 Å². The molecule has 3 nitrogen and oxygen atoms in total. The van der Waals surface area contributed by atoms with Gasteiger partial charge in [0, 0.05) is 32.9 Å². The van der Waals surface area contributed by atoms with Crippen molar-refractivity contribution in [1.29, 1.82) is 0 Å². The first-order chi connectivity index (χ1) is 27.2. The van der Waals surface area contributed by atoms with Gasteiger partial charge in [-0.3, -0.25) is 0 Å². The van der Waals surface area contributed by atoms with Gasteiger partial charge in [-0.15, -0.1) is 0 Å². The molecule has 0 N–H and O–H groups in total. The lowest BCUT2D eigenvalue weighted by molar-refractivity contribution is 0.668. The van der Waals surface area contributed by atoms with Crippen molar-refractivity contribution in [2.45, 2.75) is 0 Å². The fraction of sp³-hybridized carbons (Fsp3) is 0.